The summed E-state index contributed by atoms with van der Waals surface area (Å²) in [4.78, 5) is 21.4. The number of amides is 1. The molecule has 1 atom stereocenters. The van der Waals surface area contributed by atoms with Crippen LogP contribution in [-0.2, 0) is 24.1 Å². The van der Waals surface area contributed by atoms with Crippen molar-refractivity contribution in [2.45, 2.75) is 82.8 Å². The summed E-state index contributed by atoms with van der Waals surface area (Å²) in [6.45, 7) is 2.45. The van der Waals surface area contributed by atoms with Crippen molar-refractivity contribution in [2.24, 2.45) is 5.41 Å². The average molecular weight is 698 g/mol. The van der Waals surface area contributed by atoms with E-state index in [0.29, 0.717) is 6.54 Å². The number of hydrogen-bond donors (Lipinski definition) is 2. The number of ether oxygens (including phenoxy) is 1. The molecule has 52 heavy (non-hydrogen) atoms. The van der Waals surface area contributed by atoms with E-state index in [2.05, 4.69) is 106 Å². The normalized spacial score (nSPS) is 14.6. The highest BCUT2D eigenvalue weighted by Crippen LogP contribution is 2.38. The van der Waals surface area contributed by atoms with E-state index in [9.17, 15) is 9.90 Å². The zero-order valence-electron chi connectivity index (χ0n) is 30.5. The summed E-state index contributed by atoms with van der Waals surface area (Å²) in [7, 11) is 0. The summed E-state index contributed by atoms with van der Waals surface area (Å²) in [5, 5.41) is 15.4. The van der Waals surface area contributed by atoms with Crippen LogP contribution in [0.15, 0.2) is 128 Å². The first-order valence-corrected chi connectivity index (χ1v) is 19.4. The molecule has 5 aromatic rings. The number of carbonyl (C=O) groups excluding carboxylic acids is 1. The van der Waals surface area contributed by atoms with Gasteiger partial charge in [-0.2, -0.15) is 0 Å². The number of pyridine rings is 1. The first-order chi connectivity index (χ1) is 25.6. The second kappa shape index (κ2) is 19.4. The van der Waals surface area contributed by atoms with E-state index in [4.69, 9.17) is 4.74 Å². The molecule has 1 amide bonds. The summed E-state index contributed by atoms with van der Waals surface area (Å²) in [6.07, 6.45) is 11.5. The number of fused-ring (bicyclic) bond motifs is 1. The van der Waals surface area contributed by atoms with E-state index in [1.54, 1.807) is 6.20 Å². The van der Waals surface area contributed by atoms with Crippen molar-refractivity contribution >= 4 is 16.8 Å². The van der Waals surface area contributed by atoms with Gasteiger partial charge in [-0.1, -0.05) is 97.1 Å². The summed E-state index contributed by atoms with van der Waals surface area (Å²) in [5.41, 5.74) is 4.46. The number of hydrogen-bond acceptors (Lipinski definition) is 5. The third-order valence-electron chi connectivity index (χ3n) is 10.8. The van der Waals surface area contributed by atoms with E-state index in [0.717, 1.165) is 100 Å². The number of nitrogens with one attached hydrogen (secondary N) is 1. The van der Waals surface area contributed by atoms with Gasteiger partial charge in [0.1, 0.15) is 18.5 Å². The molecule has 6 heteroatoms. The number of nitrogens with zero attached hydrogens (tertiary/aromatic N) is 2. The van der Waals surface area contributed by atoms with E-state index >= 15 is 0 Å². The molecular formula is C46H55N3O3. The molecule has 0 saturated carbocycles. The van der Waals surface area contributed by atoms with Crippen molar-refractivity contribution in [1.29, 1.82) is 0 Å². The minimum Gasteiger partial charge on any atom is -0.490 e. The zero-order chi connectivity index (χ0) is 35.9. The number of aryl methyl sites for hydroxylation is 3. The van der Waals surface area contributed by atoms with Gasteiger partial charge >= 0.3 is 0 Å². The van der Waals surface area contributed by atoms with Crippen LogP contribution in [0.2, 0.25) is 0 Å². The molecule has 1 aliphatic heterocycles. The highest BCUT2D eigenvalue weighted by molar-refractivity contribution is 5.84. The Kier molecular flexibility index (Phi) is 13.9. The van der Waals surface area contributed by atoms with Crippen LogP contribution in [-0.4, -0.2) is 59.3 Å². The third kappa shape index (κ3) is 11.0. The highest BCUT2D eigenvalue weighted by atomic mass is 16.5. The van der Waals surface area contributed by atoms with E-state index < -0.39 is 11.5 Å². The van der Waals surface area contributed by atoms with Gasteiger partial charge in [-0.25, -0.2) is 0 Å². The Balaban J connectivity index is 1.07. The minimum atomic E-state index is -0.607. The number of β-amino-alcohol motifs (C(OH)–C–C–N with tert-alkyl or cyclic N) is 1. The number of benzene rings is 4. The monoisotopic (exact) mass is 697 g/mol. The van der Waals surface area contributed by atoms with Gasteiger partial charge in [0.2, 0.25) is 5.91 Å². The lowest BCUT2D eigenvalue weighted by molar-refractivity contribution is -0.134. The molecule has 0 aliphatic carbocycles. The van der Waals surface area contributed by atoms with Gasteiger partial charge in [0.15, 0.2) is 0 Å². The summed E-state index contributed by atoms with van der Waals surface area (Å²) < 4.78 is 6.04. The molecule has 0 spiro atoms. The Labute approximate surface area is 310 Å². The van der Waals surface area contributed by atoms with E-state index in [-0.39, 0.29) is 18.6 Å². The molecule has 1 aliphatic rings. The standard InChI is InChI=1S/C46H55N3O3/c50-41(36-52-44-26-10-25-43-42(44)24-14-32-47-43)35-49-33-27-40(28-34-49)48-45(51)46(29-11-21-37-15-4-1-5-16-37,30-12-22-38-17-6-2-7-18-38)31-13-23-39-19-8-3-9-20-39/h1-10,14-20,24-26,32,40-41,50H,11-13,21-23,27-31,33-36H2,(H,48,51)/t41-/m1/s1. The smallest absolute Gasteiger partial charge is 0.226 e. The summed E-state index contributed by atoms with van der Waals surface area (Å²) in [6, 6.07) is 41.9. The second-order valence-corrected chi connectivity index (χ2v) is 14.6. The number of piperidine rings is 1. The Morgan fingerprint density at radius 2 is 1.27 bits per heavy atom. The van der Waals surface area contributed by atoms with Crippen molar-refractivity contribution in [1.82, 2.24) is 15.2 Å². The fraction of sp³-hybridized carbons (Fsp3) is 0.391. The molecule has 4 aromatic carbocycles. The van der Waals surface area contributed by atoms with Gasteiger partial charge in [0, 0.05) is 42.7 Å². The maximum absolute atomic E-state index is 14.6. The van der Waals surface area contributed by atoms with Gasteiger partial charge in [-0.3, -0.25) is 9.78 Å². The van der Waals surface area contributed by atoms with Crippen LogP contribution in [0.4, 0.5) is 0 Å². The molecule has 272 valence electrons. The molecule has 0 bridgehead atoms. The minimum absolute atomic E-state index is 0.136. The largest absolute Gasteiger partial charge is 0.490 e. The van der Waals surface area contributed by atoms with Crippen LogP contribution < -0.4 is 10.1 Å². The second-order valence-electron chi connectivity index (χ2n) is 14.6. The maximum Gasteiger partial charge on any atom is 0.226 e. The number of aliphatic hydroxyl groups excluding tert-OH is 1. The molecule has 1 saturated heterocycles. The van der Waals surface area contributed by atoms with Gasteiger partial charge in [-0.05, 0) is 112 Å². The predicted molar refractivity (Wildman–Crippen MR) is 211 cm³/mol. The van der Waals surface area contributed by atoms with Crippen LogP contribution >= 0.6 is 0 Å². The van der Waals surface area contributed by atoms with E-state index in [1.165, 1.54) is 16.7 Å². The molecular weight excluding hydrogens is 643 g/mol. The van der Waals surface area contributed by atoms with Gasteiger partial charge < -0.3 is 20.1 Å². The van der Waals surface area contributed by atoms with Crippen molar-refractivity contribution in [2.75, 3.05) is 26.2 Å². The number of aliphatic hydroxyl groups is 1. The fourth-order valence-corrected chi connectivity index (χ4v) is 7.88. The van der Waals surface area contributed by atoms with Crippen LogP contribution in [0.5, 0.6) is 5.75 Å². The van der Waals surface area contributed by atoms with Crippen molar-refractivity contribution in [3.8, 4) is 5.75 Å². The van der Waals surface area contributed by atoms with E-state index in [1.807, 2.05) is 30.3 Å². The van der Waals surface area contributed by atoms with Crippen molar-refractivity contribution < 1.29 is 14.6 Å². The third-order valence-corrected chi connectivity index (χ3v) is 10.8. The van der Waals surface area contributed by atoms with Gasteiger partial charge in [-0.15, -0.1) is 0 Å². The molecule has 2 heterocycles. The number of aromatic nitrogens is 1. The van der Waals surface area contributed by atoms with Gasteiger partial charge in [0.05, 0.1) is 5.52 Å². The van der Waals surface area contributed by atoms with Crippen LogP contribution in [0.3, 0.4) is 0 Å². The first-order valence-electron chi connectivity index (χ1n) is 19.4. The van der Waals surface area contributed by atoms with Gasteiger partial charge in [0.25, 0.3) is 0 Å². The molecule has 1 aromatic heterocycles. The predicted octanol–water partition coefficient (Wildman–Crippen LogP) is 8.61. The van der Waals surface area contributed by atoms with Crippen LogP contribution in [0.25, 0.3) is 10.9 Å². The SMILES string of the molecule is O=C(NC1CCN(C[C@@H](O)COc2cccc3ncccc23)CC1)C(CCCc1ccccc1)(CCCc1ccccc1)CCCc1ccccc1. The lowest BCUT2D eigenvalue weighted by Crippen LogP contribution is -2.51. The Hall–Kier alpha value is -4.52. The molecule has 6 nitrogen and oxygen atoms in total. The molecule has 1 fully saturated rings. The fourth-order valence-electron chi connectivity index (χ4n) is 7.88. The number of likely N-dealkylation sites (tertiary alicyclic amines) is 1. The van der Waals surface area contributed by atoms with Crippen molar-refractivity contribution in [3.05, 3.63) is 144 Å². The Morgan fingerprint density at radius 3 is 1.81 bits per heavy atom. The molecule has 6 rings (SSSR count). The maximum atomic E-state index is 14.6. The summed E-state index contributed by atoms with van der Waals surface area (Å²) >= 11 is 0. The molecule has 2 N–H and O–H groups in total. The topological polar surface area (TPSA) is 74.7 Å². The zero-order valence-corrected chi connectivity index (χ0v) is 30.5. The lowest BCUT2D eigenvalue weighted by atomic mass is 9.72. The molecule has 0 radical (unpaired) electrons. The lowest BCUT2D eigenvalue weighted by Gasteiger charge is -2.38. The first kappa shape index (κ1) is 37.2. The van der Waals surface area contributed by atoms with Crippen LogP contribution in [0, 0.1) is 5.41 Å². The summed E-state index contributed by atoms with van der Waals surface area (Å²) in [5.74, 6) is 0.976. The Morgan fingerprint density at radius 1 is 0.731 bits per heavy atom. The van der Waals surface area contributed by atoms with Crippen molar-refractivity contribution in [3.63, 3.8) is 0 Å². The molecule has 0 unspecified atom stereocenters. The highest BCUT2D eigenvalue weighted by Gasteiger charge is 2.38. The average Bonchev–Trinajstić information content (AvgIpc) is 3.19. The number of carbonyl (C=O) groups is 1. The quantitative estimate of drug-likeness (QED) is 0.0904. The Bertz CT molecular complexity index is 1660. The number of rotatable bonds is 19. The van der Waals surface area contributed by atoms with Crippen LogP contribution in [0.1, 0.15) is 68.1 Å².